The van der Waals surface area contributed by atoms with Crippen molar-refractivity contribution in [1.82, 2.24) is 4.98 Å². The van der Waals surface area contributed by atoms with Gasteiger partial charge in [-0.05, 0) is 30.9 Å². The number of aromatic nitrogens is 1. The molecule has 1 aliphatic rings. The van der Waals surface area contributed by atoms with Crippen LogP contribution in [0.25, 0.3) is 0 Å². The number of carboxylic acids is 1. The Labute approximate surface area is 99.3 Å². The summed E-state index contributed by atoms with van der Waals surface area (Å²) in [7, 11) is 0. The third-order valence-electron chi connectivity index (χ3n) is 2.92. The third kappa shape index (κ3) is 2.76. The molecule has 1 heterocycles. The van der Waals surface area contributed by atoms with Crippen LogP contribution in [-0.4, -0.2) is 21.8 Å². The lowest BCUT2D eigenvalue weighted by molar-refractivity contribution is 0.0686. The smallest absolute Gasteiger partial charge is 0.355 e. The first-order valence-electron chi connectivity index (χ1n) is 5.58. The standard InChI is InChI=1S/C12H15NO2S/c14-12(15)11-10(6-3-7-13-11)16-8-9-4-1-2-5-9/h3,6-7,9H,1-2,4-5,8H2,(H,14,15). The van der Waals surface area contributed by atoms with E-state index in [-0.39, 0.29) is 5.69 Å². The molecule has 4 heteroatoms. The van der Waals surface area contributed by atoms with Crippen molar-refractivity contribution < 1.29 is 9.90 Å². The summed E-state index contributed by atoms with van der Waals surface area (Å²) in [5.41, 5.74) is 0.186. The van der Waals surface area contributed by atoms with Crippen LogP contribution in [0.15, 0.2) is 23.2 Å². The van der Waals surface area contributed by atoms with E-state index in [1.54, 1.807) is 17.8 Å². The summed E-state index contributed by atoms with van der Waals surface area (Å²) < 4.78 is 0. The van der Waals surface area contributed by atoms with Gasteiger partial charge in [0, 0.05) is 16.8 Å². The van der Waals surface area contributed by atoms with E-state index in [9.17, 15) is 4.79 Å². The molecule has 16 heavy (non-hydrogen) atoms. The van der Waals surface area contributed by atoms with Crippen molar-refractivity contribution in [1.29, 1.82) is 0 Å². The maximum atomic E-state index is 10.9. The molecular weight excluding hydrogens is 222 g/mol. The number of hydrogen-bond acceptors (Lipinski definition) is 3. The minimum Gasteiger partial charge on any atom is -0.476 e. The fourth-order valence-corrected chi connectivity index (χ4v) is 3.25. The van der Waals surface area contributed by atoms with Gasteiger partial charge in [-0.1, -0.05) is 12.8 Å². The summed E-state index contributed by atoms with van der Waals surface area (Å²) >= 11 is 1.63. The first-order chi connectivity index (χ1) is 7.77. The highest BCUT2D eigenvalue weighted by Crippen LogP contribution is 2.31. The van der Waals surface area contributed by atoms with Crippen molar-refractivity contribution in [2.24, 2.45) is 5.92 Å². The van der Waals surface area contributed by atoms with Crippen molar-refractivity contribution in [3.8, 4) is 0 Å². The molecule has 3 nitrogen and oxygen atoms in total. The van der Waals surface area contributed by atoms with Crippen LogP contribution < -0.4 is 0 Å². The van der Waals surface area contributed by atoms with Crippen LogP contribution >= 0.6 is 11.8 Å². The van der Waals surface area contributed by atoms with Crippen molar-refractivity contribution in [2.45, 2.75) is 30.6 Å². The first kappa shape index (κ1) is 11.5. The molecule has 0 amide bonds. The Balaban J connectivity index is 2.00. The second kappa shape index (κ2) is 5.34. The topological polar surface area (TPSA) is 50.2 Å². The van der Waals surface area contributed by atoms with E-state index in [2.05, 4.69) is 4.98 Å². The summed E-state index contributed by atoms with van der Waals surface area (Å²) in [5, 5.41) is 8.98. The summed E-state index contributed by atoms with van der Waals surface area (Å²) in [4.78, 5) is 15.6. The zero-order valence-corrected chi connectivity index (χ0v) is 9.87. The summed E-state index contributed by atoms with van der Waals surface area (Å²) in [6, 6.07) is 3.64. The molecule has 0 bridgehead atoms. The lowest BCUT2D eigenvalue weighted by Gasteiger charge is -2.09. The predicted molar refractivity (Wildman–Crippen MR) is 63.9 cm³/mol. The molecule has 1 N–H and O–H groups in total. The van der Waals surface area contributed by atoms with Crippen LogP contribution in [0.5, 0.6) is 0 Å². The molecule has 0 aromatic carbocycles. The fourth-order valence-electron chi connectivity index (χ4n) is 2.05. The van der Waals surface area contributed by atoms with Crippen molar-refractivity contribution >= 4 is 17.7 Å². The molecule has 0 radical (unpaired) electrons. The highest BCUT2D eigenvalue weighted by molar-refractivity contribution is 7.99. The van der Waals surface area contributed by atoms with Gasteiger partial charge in [-0.3, -0.25) is 0 Å². The van der Waals surface area contributed by atoms with Gasteiger partial charge in [0.05, 0.1) is 0 Å². The van der Waals surface area contributed by atoms with Gasteiger partial charge in [-0.2, -0.15) is 0 Å². The van der Waals surface area contributed by atoms with Crippen LogP contribution in [0.2, 0.25) is 0 Å². The molecule has 0 spiro atoms. The average Bonchev–Trinajstić information content (AvgIpc) is 2.79. The summed E-state index contributed by atoms with van der Waals surface area (Å²) in [5.74, 6) is 0.841. The number of aromatic carboxylic acids is 1. The molecule has 1 aromatic rings. The van der Waals surface area contributed by atoms with E-state index in [0.717, 1.165) is 16.6 Å². The summed E-state index contributed by atoms with van der Waals surface area (Å²) in [6.07, 6.45) is 6.75. The van der Waals surface area contributed by atoms with E-state index in [4.69, 9.17) is 5.11 Å². The predicted octanol–water partition coefficient (Wildman–Crippen LogP) is 3.06. The van der Waals surface area contributed by atoms with E-state index in [1.165, 1.54) is 31.9 Å². The molecule has 0 saturated heterocycles. The highest BCUT2D eigenvalue weighted by atomic mass is 32.2. The highest BCUT2D eigenvalue weighted by Gasteiger charge is 2.17. The van der Waals surface area contributed by atoms with E-state index in [1.807, 2.05) is 6.07 Å². The van der Waals surface area contributed by atoms with E-state index < -0.39 is 5.97 Å². The van der Waals surface area contributed by atoms with Gasteiger partial charge in [0.25, 0.3) is 0 Å². The quantitative estimate of drug-likeness (QED) is 0.818. The molecule has 1 aliphatic carbocycles. The Bertz CT molecular complexity index is 375. The zero-order valence-electron chi connectivity index (χ0n) is 9.06. The lowest BCUT2D eigenvalue weighted by Crippen LogP contribution is -2.03. The molecule has 0 unspecified atom stereocenters. The minimum absolute atomic E-state index is 0.186. The van der Waals surface area contributed by atoms with Gasteiger partial charge in [0.15, 0.2) is 5.69 Å². The molecule has 0 atom stereocenters. The largest absolute Gasteiger partial charge is 0.476 e. The number of thioether (sulfide) groups is 1. The Morgan fingerprint density at radius 1 is 1.50 bits per heavy atom. The normalized spacial score (nSPS) is 16.5. The van der Waals surface area contributed by atoms with Gasteiger partial charge in [-0.15, -0.1) is 11.8 Å². The van der Waals surface area contributed by atoms with Gasteiger partial charge >= 0.3 is 5.97 Å². The molecule has 1 saturated carbocycles. The molecule has 0 aliphatic heterocycles. The van der Waals surface area contributed by atoms with E-state index in [0.29, 0.717) is 0 Å². The molecule has 86 valence electrons. The Morgan fingerprint density at radius 2 is 2.25 bits per heavy atom. The van der Waals surface area contributed by atoms with Crippen LogP contribution in [0, 0.1) is 5.92 Å². The second-order valence-electron chi connectivity index (χ2n) is 4.12. The molecule has 1 aromatic heterocycles. The monoisotopic (exact) mass is 237 g/mol. The SMILES string of the molecule is O=C(O)c1ncccc1SCC1CCCC1. The Morgan fingerprint density at radius 3 is 2.94 bits per heavy atom. The van der Waals surface area contributed by atoms with Gasteiger partial charge in [0.2, 0.25) is 0 Å². The van der Waals surface area contributed by atoms with Crippen LogP contribution in [0.4, 0.5) is 0 Å². The molecule has 1 fully saturated rings. The Hall–Kier alpha value is -1.03. The summed E-state index contributed by atoms with van der Waals surface area (Å²) in [6.45, 7) is 0. The van der Waals surface area contributed by atoms with Crippen molar-refractivity contribution in [2.75, 3.05) is 5.75 Å². The maximum Gasteiger partial charge on any atom is 0.355 e. The molecular formula is C12H15NO2S. The number of nitrogens with zero attached hydrogens (tertiary/aromatic N) is 1. The number of carboxylic acid groups (broad SMARTS) is 1. The Kier molecular flexibility index (Phi) is 3.83. The van der Waals surface area contributed by atoms with Gasteiger partial charge in [0.1, 0.15) is 0 Å². The fraction of sp³-hybridized carbons (Fsp3) is 0.500. The van der Waals surface area contributed by atoms with E-state index >= 15 is 0 Å². The lowest BCUT2D eigenvalue weighted by atomic mass is 10.1. The number of carbonyl (C=O) groups is 1. The number of pyridine rings is 1. The van der Waals surface area contributed by atoms with Crippen LogP contribution in [0.1, 0.15) is 36.2 Å². The van der Waals surface area contributed by atoms with Crippen LogP contribution in [-0.2, 0) is 0 Å². The van der Waals surface area contributed by atoms with Gasteiger partial charge < -0.3 is 5.11 Å². The number of rotatable bonds is 4. The van der Waals surface area contributed by atoms with Gasteiger partial charge in [-0.25, -0.2) is 9.78 Å². The van der Waals surface area contributed by atoms with Crippen molar-refractivity contribution in [3.63, 3.8) is 0 Å². The minimum atomic E-state index is -0.936. The maximum absolute atomic E-state index is 10.9. The second-order valence-corrected chi connectivity index (χ2v) is 5.18. The molecule has 2 rings (SSSR count). The van der Waals surface area contributed by atoms with Crippen molar-refractivity contribution in [3.05, 3.63) is 24.0 Å². The zero-order chi connectivity index (χ0) is 11.4. The number of hydrogen-bond donors (Lipinski definition) is 1. The third-order valence-corrected chi connectivity index (χ3v) is 4.20. The van der Waals surface area contributed by atoms with Crippen LogP contribution in [0.3, 0.4) is 0 Å². The first-order valence-corrected chi connectivity index (χ1v) is 6.57. The average molecular weight is 237 g/mol.